The number of rotatable bonds is 9. The summed E-state index contributed by atoms with van der Waals surface area (Å²) in [5.41, 5.74) is 9.15. The van der Waals surface area contributed by atoms with Crippen LogP contribution in [-0.2, 0) is 17.8 Å². The van der Waals surface area contributed by atoms with Crippen LogP contribution in [0.4, 0.5) is 0 Å². The van der Waals surface area contributed by atoms with Crippen LogP contribution in [0.15, 0.2) is 98.1 Å². The minimum atomic E-state index is 0.0260. The molecule has 0 saturated carbocycles. The average molecular weight is 573 g/mol. The third kappa shape index (κ3) is 6.03. The van der Waals surface area contributed by atoms with E-state index < -0.39 is 0 Å². The molecule has 0 N–H and O–H groups in total. The highest BCUT2D eigenvalue weighted by Crippen LogP contribution is 2.31. The van der Waals surface area contributed by atoms with Crippen molar-refractivity contribution < 1.29 is 14.3 Å². The number of morpholine rings is 1. The highest BCUT2D eigenvalue weighted by Gasteiger charge is 2.24. The zero-order valence-electron chi connectivity index (χ0n) is 24.7. The van der Waals surface area contributed by atoms with Gasteiger partial charge in [0.05, 0.1) is 50.1 Å². The molecule has 43 heavy (non-hydrogen) atoms. The maximum Gasteiger partial charge on any atom is 0.256 e. The number of hydrogen-bond donors (Lipinski definition) is 0. The van der Waals surface area contributed by atoms with Crippen LogP contribution in [0.25, 0.3) is 28.3 Å². The third-order valence-electron chi connectivity index (χ3n) is 8.10. The summed E-state index contributed by atoms with van der Waals surface area (Å²) in [4.78, 5) is 20.3. The Hall–Kier alpha value is -4.88. The number of benzene rings is 3. The van der Waals surface area contributed by atoms with Crippen LogP contribution >= 0.6 is 0 Å². The van der Waals surface area contributed by atoms with Crippen molar-refractivity contribution in [2.45, 2.75) is 20.0 Å². The minimum Gasteiger partial charge on any atom is -0.497 e. The fourth-order valence-electron chi connectivity index (χ4n) is 5.65. The first-order valence-electron chi connectivity index (χ1n) is 14.6. The van der Waals surface area contributed by atoms with Crippen molar-refractivity contribution >= 4 is 12.0 Å². The number of amides is 1. The number of carbonyl (C=O) groups excluding carboxylic acids is 1. The second-order valence-electron chi connectivity index (χ2n) is 10.8. The zero-order valence-corrected chi connectivity index (χ0v) is 24.7. The molecule has 2 aromatic heterocycles. The summed E-state index contributed by atoms with van der Waals surface area (Å²) in [6.07, 6.45) is 7.80. The summed E-state index contributed by atoms with van der Waals surface area (Å²) >= 11 is 0. The van der Waals surface area contributed by atoms with Crippen LogP contribution in [0.2, 0.25) is 0 Å². The summed E-state index contributed by atoms with van der Waals surface area (Å²) < 4.78 is 15.1. The minimum absolute atomic E-state index is 0.0260. The van der Waals surface area contributed by atoms with E-state index in [2.05, 4.69) is 69.4 Å². The Morgan fingerprint density at radius 3 is 2.33 bits per heavy atom. The zero-order chi connectivity index (χ0) is 29.8. The predicted octanol–water partition coefficient (Wildman–Crippen LogP) is 6.55. The fraction of sp³-hybridized carbons (Fsp3) is 0.222. The van der Waals surface area contributed by atoms with Crippen LogP contribution in [0, 0.1) is 6.92 Å². The van der Waals surface area contributed by atoms with Crippen molar-refractivity contribution in [1.29, 1.82) is 0 Å². The first-order chi connectivity index (χ1) is 21.0. The van der Waals surface area contributed by atoms with E-state index in [-0.39, 0.29) is 5.91 Å². The van der Waals surface area contributed by atoms with E-state index in [9.17, 15) is 4.79 Å². The molecule has 0 aliphatic carbocycles. The molecule has 0 atom stereocenters. The molecule has 1 saturated heterocycles. The molecule has 0 radical (unpaired) electrons. The largest absolute Gasteiger partial charge is 0.497 e. The molecule has 7 nitrogen and oxygen atoms in total. The molecule has 0 unspecified atom stereocenters. The lowest BCUT2D eigenvalue weighted by Crippen LogP contribution is -2.40. The van der Waals surface area contributed by atoms with E-state index in [0.29, 0.717) is 45.0 Å². The summed E-state index contributed by atoms with van der Waals surface area (Å²) in [6.45, 7) is 9.64. The van der Waals surface area contributed by atoms with Gasteiger partial charge in [0.2, 0.25) is 0 Å². The van der Waals surface area contributed by atoms with Crippen LogP contribution in [0.5, 0.6) is 5.75 Å². The number of methoxy groups -OCH3 is 1. The highest BCUT2D eigenvalue weighted by molar-refractivity contribution is 6.01. The van der Waals surface area contributed by atoms with E-state index in [1.54, 1.807) is 7.11 Å². The van der Waals surface area contributed by atoms with Gasteiger partial charge in [-0.15, -0.1) is 0 Å². The third-order valence-corrected chi connectivity index (χ3v) is 8.10. The first-order valence-corrected chi connectivity index (χ1v) is 14.6. The van der Waals surface area contributed by atoms with Gasteiger partial charge in [0.25, 0.3) is 5.91 Å². The highest BCUT2D eigenvalue weighted by atomic mass is 16.5. The second kappa shape index (κ2) is 12.5. The van der Waals surface area contributed by atoms with Gasteiger partial charge < -0.3 is 23.5 Å². The van der Waals surface area contributed by atoms with Crippen LogP contribution in [0.1, 0.15) is 32.9 Å². The number of hydrogen-bond acceptors (Lipinski definition) is 4. The maximum atomic E-state index is 13.8. The van der Waals surface area contributed by atoms with Gasteiger partial charge in [-0.1, -0.05) is 73.3 Å². The second-order valence-corrected chi connectivity index (χ2v) is 10.8. The Bertz CT molecular complexity index is 1730. The van der Waals surface area contributed by atoms with Gasteiger partial charge in [-0.2, -0.15) is 0 Å². The first kappa shape index (κ1) is 28.2. The summed E-state index contributed by atoms with van der Waals surface area (Å²) in [7, 11) is 1.68. The Balaban J connectivity index is 1.28. The maximum absolute atomic E-state index is 13.8. The van der Waals surface area contributed by atoms with Crippen LogP contribution in [0.3, 0.4) is 0 Å². The van der Waals surface area contributed by atoms with Crippen molar-refractivity contribution in [3.8, 4) is 28.0 Å². The standard InChI is InChI=1S/C36H36N4O3/c1-4-28-7-5-6-8-32(28)33-22-38(23-34(33)36(41)39-17-19-43-20-18-39)24-35-26(2)37-25-40(35)21-27-9-11-29(12-10-27)30-13-15-31(42-3)16-14-30/h4-16,22-23,25H,1,17-21,24H2,2-3H3. The van der Waals surface area contributed by atoms with Crippen molar-refractivity contribution in [3.63, 3.8) is 0 Å². The molecule has 1 amide bonds. The van der Waals surface area contributed by atoms with Crippen molar-refractivity contribution in [1.82, 2.24) is 19.0 Å². The molecule has 5 aromatic rings. The number of imidazole rings is 1. The lowest BCUT2D eigenvalue weighted by atomic mass is 9.98. The molecular weight excluding hydrogens is 536 g/mol. The monoisotopic (exact) mass is 572 g/mol. The van der Waals surface area contributed by atoms with E-state index >= 15 is 0 Å². The number of ether oxygens (including phenoxy) is 2. The Kier molecular flexibility index (Phi) is 8.24. The molecule has 1 aliphatic heterocycles. The summed E-state index contributed by atoms with van der Waals surface area (Å²) in [5.74, 6) is 0.874. The molecule has 3 heterocycles. The Morgan fingerprint density at radius 1 is 0.930 bits per heavy atom. The Morgan fingerprint density at radius 2 is 1.63 bits per heavy atom. The Labute approximate surface area is 252 Å². The summed E-state index contributed by atoms with van der Waals surface area (Å²) in [5, 5.41) is 0. The van der Waals surface area contributed by atoms with Gasteiger partial charge in [0, 0.05) is 37.6 Å². The molecule has 6 rings (SSSR count). The summed E-state index contributed by atoms with van der Waals surface area (Å²) in [6, 6.07) is 24.8. The number of aryl methyl sites for hydroxylation is 1. The van der Waals surface area contributed by atoms with Gasteiger partial charge in [0.1, 0.15) is 5.75 Å². The van der Waals surface area contributed by atoms with Gasteiger partial charge in [-0.3, -0.25) is 4.79 Å². The quantitative estimate of drug-likeness (QED) is 0.201. The van der Waals surface area contributed by atoms with Gasteiger partial charge in [0.15, 0.2) is 0 Å². The number of aromatic nitrogens is 3. The van der Waals surface area contributed by atoms with E-state index in [0.717, 1.165) is 45.0 Å². The predicted molar refractivity (Wildman–Crippen MR) is 170 cm³/mol. The average Bonchev–Trinajstić information content (AvgIpc) is 3.64. The molecule has 218 valence electrons. The molecular formula is C36H36N4O3. The number of carbonyl (C=O) groups is 1. The lowest BCUT2D eigenvalue weighted by molar-refractivity contribution is 0.0303. The van der Waals surface area contributed by atoms with Crippen molar-refractivity contribution in [2.75, 3.05) is 33.4 Å². The normalized spacial score (nSPS) is 13.2. The molecule has 1 aliphatic rings. The van der Waals surface area contributed by atoms with Crippen LogP contribution < -0.4 is 4.74 Å². The van der Waals surface area contributed by atoms with E-state index in [1.807, 2.05) is 60.8 Å². The molecule has 1 fully saturated rings. The lowest BCUT2D eigenvalue weighted by Gasteiger charge is -2.27. The SMILES string of the molecule is C=Cc1ccccc1-c1cn(Cc2c(C)ncn2Cc2ccc(-c3ccc(OC)cc3)cc2)cc1C(=O)N1CCOCC1. The van der Waals surface area contributed by atoms with Gasteiger partial charge >= 0.3 is 0 Å². The smallest absolute Gasteiger partial charge is 0.256 e. The number of nitrogens with zero attached hydrogens (tertiary/aromatic N) is 4. The van der Waals surface area contributed by atoms with E-state index in [4.69, 9.17) is 9.47 Å². The molecule has 3 aromatic carbocycles. The fourth-order valence-corrected chi connectivity index (χ4v) is 5.65. The van der Waals surface area contributed by atoms with Gasteiger partial charge in [-0.05, 0) is 46.9 Å². The van der Waals surface area contributed by atoms with E-state index in [1.165, 1.54) is 5.56 Å². The molecule has 0 spiro atoms. The van der Waals surface area contributed by atoms with Crippen molar-refractivity contribution in [2.24, 2.45) is 0 Å². The van der Waals surface area contributed by atoms with Gasteiger partial charge in [-0.25, -0.2) is 4.98 Å². The topological polar surface area (TPSA) is 61.5 Å². The molecule has 7 heteroatoms. The van der Waals surface area contributed by atoms with Crippen molar-refractivity contribution in [3.05, 3.63) is 126 Å². The molecule has 0 bridgehead atoms. The van der Waals surface area contributed by atoms with Crippen LogP contribution in [-0.4, -0.2) is 58.3 Å².